The van der Waals surface area contributed by atoms with Crippen LogP contribution in [-0.2, 0) is 0 Å². The highest BCUT2D eigenvalue weighted by molar-refractivity contribution is 5.70. The summed E-state index contributed by atoms with van der Waals surface area (Å²) in [6.07, 6.45) is 1.58. The maximum Gasteiger partial charge on any atom is 0.207 e. The zero-order valence-electron chi connectivity index (χ0n) is 10.4. The second-order valence-electron chi connectivity index (χ2n) is 3.69. The van der Waals surface area contributed by atoms with E-state index in [2.05, 4.69) is 5.73 Å². The molecule has 4 heteroatoms. The van der Waals surface area contributed by atoms with Gasteiger partial charge in [-0.2, -0.15) is 0 Å². The predicted octanol–water partition coefficient (Wildman–Crippen LogP) is 2.69. The molecule has 0 amide bonds. The van der Waals surface area contributed by atoms with Crippen molar-refractivity contribution in [3.8, 4) is 23.0 Å². The highest BCUT2D eigenvalue weighted by Crippen LogP contribution is 2.45. The number of aromatic hydroxyl groups is 2. The number of ether oxygens (including phenoxy) is 2. The molecule has 0 aliphatic carbocycles. The molecule has 0 fully saturated rings. The van der Waals surface area contributed by atoms with Crippen LogP contribution in [-0.4, -0.2) is 24.4 Å². The standard InChI is InChI=1S/C13H16O4/c1-8(2)5-6-9-7-10(14)12(16-3)13(17-4)11(9)15/h6-7,14-15H,1-4H3. The van der Waals surface area contributed by atoms with Crippen molar-refractivity contribution in [3.63, 3.8) is 0 Å². The summed E-state index contributed by atoms with van der Waals surface area (Å²) in [5, 5.41) is 19.7. The summed E-state index contributed by atoms with van der Waals surface area (Å²) in [6, 6.07) is 1.40. The maximum atomic E-state index is 9.94. The van der Waals surface area contributed by atoms with E-state index >= 15 is 0 Å². The van der Waals surface area contributed by atoms with E-state index in [4.69, 9.17) is 9.47 Å². The molecular weight excluding hydrogens is 220 g/mol. The fourth-order valence-corrected chi connectivity index (χ4v) is 1.35. The highest BCUT2D eigenvalue weighted by atomic mass is 16.5. The molecule has 0 heterocycles. The third kappa shape index (κ3) is 2.74. The Balaban J connectivity index is 3.46. The lowest BCUT2D eigenvalue weighted by Gasteiger charge is -2.12. The molecule has 1 aromatic carbocycles. The zero-order chi connectivity index (χ0) is 13.0. The summed E-state index contributed by atoms with van der Waals surface area (Å²) in [5.41, 5.74) is 4.32. The van der Waals surface area contributed by atoms with Crippen molar-refractivity contribution in [3.05, 3.63) is 22.9 Å². The number of allylic oxidation sites excluding steroid dienone is 1. The fraction of sp³-hybridized carbons (Fsp3) is 0.308. The third-order valence-electron chi connectivity index (χ3n) is 2.14. The van der Waals surface area contributed by atoms with Gasteiger partial charge in [0.2, 0.25) is 11.5 Å². The van der Waals surface area contributed by atoms with E-state index in [1.54, 1.807) is 6.08 Å². The number of hydrogen-bond acceptors (Lipinski definition) is 4. The Morgan fingerprint density at radius 1 is 1.18 bits per heavy atom. The minimum atomic E-state index is -0.0936. The molecule has 0 unspecified atom stereocenters. The van der Waals surface area contributed by atoms with Crippen LogP contribution in [0.4, 0.5) is 0 Å². The van der Waals surface area contributed by atoms with Crippen molar-refractivity contribution in [1.82, 2.24) is 0 Å². The van der Waals surface area contributed by atoms with Crippen LogP contribution in [0.5, 0.6) is 23.0 Å². The first-order valence-electron chi connectivity index (χ1n) is 5.08. The molecule has 17 heavy (non-hydrogen) atoms. The first kappa shape index (κ1) is 13.0. The largest absolute Gasteiger partial charge is 0.504 e. The van der Waals surface area contributed by atoms with Gasteiger partial charge >= 0.3 is 0 Å². The first-order chi connectivity index (χ1) is 8.01. The van der Waals surface area contributed by atoms with Gasteiger partial charge < -0.3 is 19.7 Å². The van der Waals surface area contributed by atoms with E-state index in [9.17, 15) is 10.2 Å². The Labute approximate surface area is 100 Å². The minimum Gasteiger partial charge on any atom is -0.504 e. The van der Waals surface area contributed by atoms with Gasteiger partial charge in [0.1, 0.15) is 0 Å². The van der Waals surface area contributed by atoms with Gasteiger partial charge in [-0.1, -0.05) is 0 Å². The number of phenolic OH excluding ortho intramolecular Hbond substituents is 2. The first-order valence-corrected chi connectivity index (χ1v) is 5.08. The van der Waals surface area contributed by atoms with Gasteiger partial charge in [0.15, 0.2) is 11.5 Å². The number of benzene rings is 1. The topological polar surface area (TPSA) is 58.9 Å². The van der Waals surface area contributed by atoms with Crippen LogP contribution < -0.4 is 9.47 Å². The summed E-state index contributed by atoms with van der Waals surface area (Å²) >= 11 is 0. The molecule has 0 aromatic heterocycles. The van der Waals surface area contributed by atoms with Crippen LogP contribution in [0.3, 0.4) is 0 Å². The molecule has 92 valence electrons. The van der Waals surface area contributed by atoms with Crippen LogP contribution in [0, 0.1) is 0 Å². The van der Waals surface area contributed by atoms with Gasteiger partial charge in [0.25, 0.3) is 0 Å². The van der Waals surface area contributed by atoms with Crippen molar-refractivity contribution >= 4 is 6.08 Å². The zero-order valence-corrected chi connectivity index (χ0v) is 10.4. The molecule has 0 bridgehead atoms. The quantitative estimate of drug-likeness (QED) is 0.625. The van der Waals surface area contributed by atoms with E-state index in [0.717, 1.165) is 5.57 Å². The lowest BCUT2D eigenvalue weighted by atomic mass is 10.1. The average Bonchev–Trinajstić information content (AvgIpc) is 2.28. The smallest absolute Gasteiger partial charge is 0.207 e. The van der Waals surface area contributed by atoms with Crippen molar-refractivity contribution < 1.29 is 19.7 Å². The van der Waals surface area contributed by atoms with Crippen molar-refractivity contribution in [2.75, 3.05) is 14.2 Å². The number of phenols is 2. The van der Waals surface area contributed by atoms with E-state index < -0.39 is 0 Å². The maximum absolute atomic E-state index is 9.94. The van der Waals surface area contributed by atoms with Crippen molar-refractivity contribution in [2.45, 2.75) is 13.8 Å². The van der Waals surface area contributed by atoms with Crippen molar-refractivity contribution in [2.24, 2.45) is 0 Å². The normalized spacial score (nSPS) is 9.41. The molecule has 0 spiro atoms. The Morgan fingerprint density at radius 3 is 2.24 bits per heavy atom. The van der Waals surface area contributed by atoms with Gasteiger partial charge in [-0.25, -0.2) is 0 Å². The second kappa shape index (κ2) is 5.32. The van der Waals surface area contributed by atoms with Crippen LogP contribution >= 0.6 is 0 Å². The fourth-order valence-electron chi connectivity index (χ4n) is 1.35. The lowest BCUT2D eigenvalue weighted by molar-refractivity contribution is 0.316. The summed E-state index contributed by atoms with van der Waals surface area (Å²) in [6.45, 7) is 3.77. The molecule has 0 saturated heterocycles. The molecule has 0 atom stereocenters. The summed E-state index contributed by atoms with van der Waals surface area (Å²) < 4.78 is 9.96. The van der Waals surface area contributed by atoms with Crippen LogP contribution in [0.25, 0.3) is 6.08 Å². The average molecular weight is 236 g/mol. The van der Waals surface area contributed by atoms with Gasteiger partial charge in [0.05, 0.1) is 14.2 Å². The second-order valence-corrected chi connectivity index (χ2v) is 3.69. The molecule has 2 N–H and O–H groups in total. The van der Waals surface area contributed by atoms with E-state index in [1.165, 1.54) is 20.3 Å². The predicted molar refractivity (Wildman–Crippen MR) is 65.7 cm³/mol. The number of hydrogen-bond donors (Lipinski definition) is 2. The molecule has 0 aliphatic rings. The summed E-state index contributed by atoms with van der Waals surface area (Å²) in [7, 11) is 2.79. The summed E-state index contributed by atoms with van der Waals surface area (Å²) in [4.78, 5) is 0. The Kier molecular flexibility index (Phi) is 4.07. The van der Waals surface area contributed by atoms with Crippen LogP contribution in [0.2, 0.25) is 0 Å². The molecule has 1 rings (SSSR count). The van der Waals surface area contributed by atoms with Crippen molar-refractivity contribution in [1.29, 1.82) is 0 Å². The van der Waals surface area contributed by atoms with Gasteiger partial charge in [0, 0.05) is 5.56 Å². The van der Waals surface area contributed by atoms with Gasteiger partial charge in [-0.3, -0.25) is 0 Å². The lowest BCUT2D eigenvalue weighted by Crippen LogP contribution is -1.93. The number of methoxy groups -OCH3 is 2. The molecular formula is C13H16O4. The summed E-state index contributed by atoms with van der Waals surface area (Å²) in [5.74, 6) is 0.0357. The van der Waals surface area contributed by atoms with E-state index in [-0.39, 0.29) is 23.0 Å². The Bertz CT molecular complexity index is 479. The van der Waals surface area contributed by atoms with Gasteiger partial charge in [-0.15, -0.1) is 5.73 Å². The van der Waals surface area contributed by atoms with E-state index in [1.807, 2.05) is 13.8 Å². The van der Waals surface area contributed by atoms with Crippen LogP contribution in [0.15, 0.2) is 17.4 Å². The van der Waals surface area contributed by atoms with E-state index in [0.29, 0.717) is 5.56 Å². The van der Waals surface area contributed by atoms with Gasteiger partial charge in [-0.05, 0) is 31.6 Å². The SMILES string of the molecule is COc1c(O)cc(C=C=C(C)C)c(O)c1OC. The molecule has 4 nitrogen and oxygen atoms in total. The minimum absolute atomic E-state index is 0.0871. The third-order valence-corrected chi connectivity index (χ3v) is 2.14. The highest BCUT2D eigenvalue weighted by Gasteiger charge is 2.17. The molecule has 0 aliphatic heterocycles. The monoisotopic (exact) mass is 236 g/mol. The number of rotatable bonds is 3. The Hall–Kier alpha value is -2.06. The Morgan fingerprint density at radius 2 is 1.76 bits per heavy atom. The molecule has 1 aromatic rings. The van der Waals surface area contributed by atoms with Crippen LogP contribution in [0.1, 0.15) is 19.4 Å². The molecule has 0 saturated carbocycles. The molecule has 0 radical (unpaired) electrons.